The molecule has 0 fully saturated rings. The Bertz CT molecular complexity index is 521. The van der Waals surface area contributed by atoms with Crippen LogP contribution in [0.2, 0.25) is 5.02 Å². The molecule has 0 saturated carbocycles. The number of carboxylic acids is 1. The van der Waals surface area contributed by atoms with E-state index in [1.807, 2.05) is 0 Å². The Morgan fingerprint density at radius 1 is 1.45 bits per heavy atom. The Labute approximate surface area is 122 Å². The average Bonchev–Trinajstić information content (AvgIpc) is 2.38. The first kappa shape index (κ1) is 16.1. The summed E-state index contributed by atoms with van der Waals surface area (Å²) in [6, 6.07) is 4.12. The standard InChI is InChI=1S/C13H17ClN2O4/c1-4-13(2,11(17)18)16-12(19)15-8-5-6-10(20-3)9(14)7-8/h5-7H,4H2,1-3H3,(H,17,18)(H2,15,16,19). The predicted molar refractivity (Wildman–Crippen MR) is 76.5 cm³/mol. The van der Waals surface area contributed by atoms with E-state index in [1.165, 1.54) is 20.1 Å². The minimum absolute atomic E-state index is 0.263. The molecule has 1 unspecified atom stereocenters. The molecular formula is C13H17ClN2O4. The molecule has 0 bridgehead atoms. The van der Waals surface area contributed by atoms with Crippen LogP contribution in [0.4, 0.5) is 10.5 Å². The molecule has 6 nitrogen and oxygen atoms in total. The van der Waals surface area contributed by atoms with Crippen LogP contribution in [-0.2, 0) is 4.79 Å². The zero-order valence-corrected chi connectivity index (χ0v) is 12.2. The third-order valence-electron chi connectivity index (χ3n) is 2.98. The van der Waals surface area contributed by atoms with Gasteiger partial charge in [0.25, 0.3) is 0 Å². The third kappa shape index (κ3) is 3.77. The van der Waals surface area contributed by atoms with Gasteiger partial charge in [-0.3, -0.25) is 0 Å². The number of halogens is 1. The molecular weight excluding hydrogens is 284 g/mol. The lowest BCUT2D eigenvalue weighted by Crippen LogP contribution is -2.53. The fourth-order valence-electron chi connectivity index (χ4n) is 1.45. The van der Waals surface area contributed by atoms with Crippen LogP contribution in [0.25, 0.3) is 0 Å². The van der Waals surface area contributed by atoms with Crippen LogP contribution in [0.5, 0.6) is 5.75 Å². The molecule has 7 heteroatoms. The molecule has 0 aromatic heterocycles. The van der Waals surface area contributed by atoms with Crippen LogP contribution in [0.1, 0.15) is 20.3 Å². The fourth-order valence-corrected chi connectivity index (χ4v) is 1.71. The van der Waals surface area contributed by atoms with E-state index in [0.717, 1.165) is 0 Å². The van der Waals surface area contributed by atoms with E-state index in [1.54, 1.807) is 19.1 Å². The fraction of sp³-hybridized carbons (Fsp3) is 0.385. The largest absolute Gasteiger partial charge is 0.495 e. The first-order valence-electron chi connectivity index (χ1n) is 5.98. The lowest BCUT2D eigenvalue weighted by molar-refractivity contribution is -0.143. The van der Waals surface area contributed by atoms with Crippen molar-refractivity contribution in [3.05, 3.63) is 23.2 Å². The van der Waals surface area contributed by atoms with Gasteiger partial charge in [-0.2, -0.15) is 0 Å². The van der Waals surface area contributed by atoms with E-state index >= 15 is 0 Å². The highest BCUT2D eigenvalue weighted by Gasteiger charge is 2.32. The van der Waals surface area contributed by atoms with Crippen LogP contribution in [0.15, 0.2) is 18.2 Å². The first-order chi connectivity index (χ1) is 9.32. The number of rotatable bonds is 5. The van der Waals surface area contributed by atoms with Crippen molar-refractivity contribution in [3.63, 3.8) is 0 Å². The molecule has 1 rings (SSSR count). The summed E-state index contributed by atoms with van der Waals surface area (Å²) in [5.74, 6) is -0.607. The van der Waals surface area contributed by atoms with Gasteiger partial charge in [-0.05, 0) is 31.5 Å². The molecule has 2 amide bonds. The van der Waals surface area contributed by atoms with Gasteiger partial charge < -0.3 is 20.5 Å². The number of nitrogens with one attached hydrogen (secondary N) is 2. The molecule has 110 valence electrons. The summed E-state index contributed by atoms with van der Waals surface area (Å²) in [5, 5.41) is 14.4. The summed E-state index contributed by atoms with van der Waals surface area (Å²) in [4.78, 5) is 22.9. The zero-order chi connectivity index (χ0) is 15.3. The van der Waals surface area contributed by atoms with Crippen molar-refractivity contribution in [2.75, 3.05) is 12.4 Å². The number of ether oxygens (including phenoxy) is 1. The summed E-state index contributed by atoms with van der Waals surface area (Å²) in [6.07, 6.45) is 0.263. The Kier molecular flexibility index (Phi) is 5.21. The second kappa shape index (κ2) is 6.47. The van der Waals surface area contributed by atoms with Crippen LogP contribution >= 0.6 is 11.6 Å². The van der Waals surface area contributed by atoms with Gasteiger partial charge in [0.2, 0.25) is 0 Å². The normalized spacial score (nSPS) is 13.2. The van der Waals surface area contributed by atoms with Crippen molar-refractivity contribution in [1.29, 1.82) is 0 Å². The van der Waals surface area contributed by atoms with Gasteiger partial charge in [-0.15, -0.1) is 0 Å². The highest BCUT2D eigenvalue weighted by atomic mass is 35.5. The SMILES string of the molecule is CCC(C)(NC(=O)Nc1ccc(OC)c(Cl)c1)C(=O)O. The lowest BCUT2D eigenvalue weighted by Gasteiger charge is -2.24. The molecule has 0 spiro atoms. The van der Waals surface area contributed by atoms with Gasteiger partial charge in [-0.1, -0.05) is 18.5 Å². The minimum Gasteiger partial charge on any atom is -0.495 e. The Morgan fingerprint density at radius 3 is 2.55 bits per heavy atom. The lowest BCUT2D eigenvalue weighted by atomic mass is 10.00. The number of amides is 2. The maximum absolute atomic E-state index is 11.8. The van der Waals surface area contributed by atoms with Crippen LogP contribution in [-0.4, -0.2) is 29.8 Å². The van der Waals surface area contributed by atoms with Crippen molar-refractivity contribution in [3.8, 4) is 5.75 Å². The molecule has 0 aliphatic carbocycles. The van der Waals surface area contributed by atoms with Gasteiger partial charge in [0.05, 0.1) is 12.1 Å². The smallest absolute Gasteiger partial charge is 0.329 e. The monoisotopic (exact) mass is 300 g/mol. The summed E-state index contributed by atoms with van der Waals surface area (Å²) in [6.45, 7) is 3.12. The molecule has 0 radical (unpaired) electrons. The van der Waals surface area contributed by atoms with Gasteiger partial charge in [0, 0.05) is 5.69 Å². The second-order valence-corrected chi connectivity index (χ2v) is 4.83. The summed E-state index contributed by atoms with van der Waals surface area (Å²) in [5.41, 5.74) is -0.877. The van der Waals surface area contributed by atoms with Crippen molar-refractivity contribution in [2.45, 2.75) is 25.8 Å². The Morgan fingerprint density at radius 2 is 2.10 bits per heavy atom. The topological polar surface area (TPSA) is 87.7 Å². The number of benzene rings is 1. The van der Waals surface area contributed by atoms with E-state index in [9.17, 15) is 9.59 Å². The molecule has 20 heavy (non-hydrogen) atoms. The van der Waals surface area contributed by atoms with Gasteiger partial charge in [0.1, 0.15) is 11.3 Å². The molecule has 1 aromatic rings. The van der Waals surface area contributed by atoms with Gasteiger partial charge in [-0.25, -0.2) is 9.59 Å². The highest BCUT2D eigenvalue weighted by Crippen LogP contribution is 2.27. The molecule has 3 N–H and O–H groups in total. The number of methoxy groups -OCH3 is 1. The van der Waals surface area contributed by atoms with Crippen molar-refractivity contribution in [2.24, 2.45) is 0 Å². The number of aliphatic carboxylic acids is 1. The number of urea groups is 1. The van der Waals surface area contributed by atoms with Crippen molar-refractivity contribution < 1.29 is 19.4 Å². The number of hydrogen-bond donors (Lipinski definition) is 3. The van der Waals surface area contributed by atoms with Gasteiger partial charge in [0.15, 0.2) is 0 Å². The van der Waals surface area contributed by atoms with Crippen LogP contribution in [0.3, 0.4) is 0 Å². The van der Waals surface area contributed by atoms with E-state index in [0.29, 0.717) is 16.5 Å². The van der Waals surface area contributed by atoms with E-state index in [2.05, 4.69) is 10.6 Å². The van der Waals surface area contributed by atoms with E-state index in [-0.39, 0.29) is 6.42 Å². The first-order valence-corrected chi connectivity index (χ1v) is 6.36. The van der Waals surface area contributed by atoms with Gasteiger partial charge >= 0.3 is 12.0 Å². The van der Waals surface area contributed by atoms with Crippen molar-refractivity contribution in [1.82, 2.24) is 5.32 Å². The van der Waals surface area contributed by atoms with Crippen LogP contribution in [0, 0.1) is 0 Å². The number of carbonyl (C=O) groups excluding carboxylic acids is 1. The number of hydrogen-bond acceptors (Lipinski definition) is 3. The van der Waals surface area contributed by atoms with Crippen LogP contribution < -0.4 is 15.4 Å². The summed E-state index contributed by atoms with van der Waals surface area (Å²) >= 11 is 5.93. The number of anilines is 1. The molecule has 0 aliphatic heterocycles. The molecule has 0 saturated heterocycles. The second-order valence-electron chi connectivity index (χ2n) is 4.42. The van der Waals surface area contributed by atoms with Crippen molar-refractivity contribution >= 4 is 29.3 Å². The number of carbonyl (C=O) groups is 2. The molecule has 0 aliphatic rings. The molecule has 0 heterocycles. The summed E-state index contributed by atoms with van der Waals surface area (Å²) in [7, 11) is 1.49. The maximum Gasteiger partial charge on any atom is 0.329 e. The zero-order valence-electron chi connectivity index (χ0n) is 11.5. The Balaban J connectivity index is 2.76. The summed E-state index contributed by atoms with van der Waals surface area (Å²) < 4.78 is 5.00. The predicted octanol–water partition coefficient (Wildman–Crippen LogP) is 2.72. The quantitative estimate of drug-likeness (QED) is 0.780. The molecule has 1 aromatic carbocycles. The number of carboxylic acid groups (broad SMARTS) is 1. The van der Waals surface area contributed by atoms with E-state index in [4.69, 9.17) is 21.4 Å². The third-order valence-corrected chi connectivity index (χ3v) is 3.27. The Hall–Kier alpha value is -1.95. The minimum atomic E-state index is -1.32. The molecule has 1 atom stereocenters. The average molecular weight is 301 g/mol. The van der Waals surface area contributed by atoms with E-state index < -0.39 is 17.5 Å². The maximum atomic E-state index is 11.8. The highest BCUT2D eigenvalue weighted by molar-refractivity contribution is 6.32.